The van der Waals surface area contributed by atoms with Gasteiger partial charge in [0, 0.05) is 33.2 Å². The van der Waals surface area contributed by atoms with E-state index >= 15 is 0 Å². The fourth-order valence-electron chi connectivity index (χ4n) is 6.46. The van der Waals surface area contributed by atoms with Gasteiger partial charge in [-0.05, 0) is 29.3 Å². The molecule has 9 rings (SSSR count). The maximum atomic E-state index is 5.05. The van der Waals surface area contributed by atoms with Crippen LogP contribution in [-0.2, 0) is 0 Å². The summed E-state index contributed by atoms with van der Waals surface area (Å²) in [5.41, 5.74) is 12.4. The van der Waals surface area contributed by atoms with Crippen LogP contribution in [0.4, 0.5) is 0 Å². The second kappa shape index (κ2) is 11.0. The number of hydrogen-bond acceptors (Lipinski definition) is 3. The van der Waals surface area contributed by atoms with Crippen LogP contribution in [0.1, 0.15) is 0 Å². The van der Waals surface area contributed by atoms with E-state index in [0.717, 1.165) is 33.9 Å². The van der Waals surface area contributed by atoms with Gasteiger partial charge in [-0.3, -0.25) is 4.40 Å². The number of hydrogen-bond donors (Lipinski definition) is 0. The maximum absolute atomic E-state index is 5.05. The highest BCUT2D eigenvalue weighted by Crippen LogP contribution is 2.45. The highest BCUT2D eigenvalue weighted by molar-refractivity contribution is 7.25. The maximum Gasteiger partial charge on any atom is 0.160 e. The smallest absolute Gasteiger partial charge is 0.160 e. The van der Waals surface area contributed by atoms with Crippen molar-refractivity contribution in [3.63, 3.8) is 0 Å². The number of nitrogens with zero attached hydrogens (tertiary/aromatic N) is 3. The van der Waals surface area contributed by atoms with Crippen LogP contribution in [0.25, 0.3) is 82.1 Å². The minimum atomic E-state index is 0.723. The van der Waals surface area contributed by atoms with Gasteiger partial charge >= 0.3 is 0 Å². The Kier molecular flexibility index (Phi) is 6.32. The third kappa shape index (κ3) is 4.42. The van der Waals surface area contributed by atoms with Crippen LogP contribution < -0.4 is 0 Å². The van der Waals surface area contributed by atoms with Crippen LogP contribution in [0, 0.1) is 0 Å². The van der Waals surface area contributed by atoms with Gasteiger partial charge in [-0.15, -0.1) is 11.3 Å². The highest BCUT2D eigenvalue weighted by Gasteiger charge is 2.20. The fourth-order valence-corrected chi connectivity index (χ4v) is 7.83. The largest absolute Gasteiger partial charge is 0.299 e. The van der Waals surface area contributed by atoms with Gasteiger partial charge in [0.1, 0.15) is 4.83 Å². The van der Waals surface area contributed by atoms with Gasteiger partial charge in [0.25, 0.3) is 0 Å². The average molecular weight is 606 g/mol. The minimum absolute atomic E-state index is 0.723. The van der Waals surface area contributed by atoms with Crippen LogP contribution >= 0.6 is 11.3 Å². The predicted molar refractivity (Wildman–Crippen MR) is 193 cm³/mol. The van der Waals surface area contributed by atoms with Crippen molar-refractivity contribution in [1.82, 2.24) is 14.4 Å². The molecule has 0 aliphatic carbocycles. The van der Waals surface area contributed by atoms with E-state index in [9.17, 15) is 0 Å². The Hall–Kier alpha value is -5.84. The number of para-hydroxylation sites is 1. The molecule has 0 radical (unpaired) electrons. The third-order valence-corrected chi connectivity index (χ3v) is 9.86. The quantitative estimate of drug-likeness (QED) is 0.195. The van der Waals surface area contributed by atoms with Crippen LogP contribution in [0.15, 0.2) is 164 Å². The van der Waals surface area contributed by atoms with Gasteiger partial charge in [0.15, 0.2) is 5.82 Å². The summed E-state index contributed by atoms with van der Waals surface area (Å²) in [5.74, 6) is 0.723. The van der Waals surface area contributed by atoms with E-state index in [1.807, 2.05) is 47.7 Å². The molecule has 0 bridgehead atoms. The van der Waals surface area contributed by atoms with Gasteiger partial charge in [0.05, 0.1) is 27.1 Å². The van der Waals surface area contributed by atoms with Gasteiger partial charge in [0.2, 0.25) is 0 Å². The van der Waals surface area contributed by atoms with Crippen molar-refractivity contribution >= 4 is 37.3 Å². The van der Waals surface area contributed by atoms with Crippen molar-refractivity contribution in [2.24, 2.45) is 0 Å². The Morgan fingerprint density at radius 2 is 0.978 bits per heavy atom. The van der Waals surface area contributed by atoms with Crippen molar-refractivity contribution in [2.75, 3.05) is 0 Å². The lowest BCUT2D eigenvalue weighted by molar-refractivity contribution is 1.18. The number of benzene rings is 6. The number of aromatic nitrogens is 3. The lowest BCUT2D eigenvalue weighted by Crippen LogP contribution is -1.95. The lowest BCUT2D eigenvalue weighted by atomic mass is 10.0. The summed E-state index contributed by atoms with van der Waals surface area (Å²) < 4.78 is 3.74. The van der Waals surface area contributed by atoms with E-state index in [0.29, 0.717) is 0 Å². The molecule has 0 fully saturated rings. The van der Waals surface area contributed by atoms with Crippen LogP contribution in [0.5, 0.6) is 0 Å². The molecule has 6 aromatic carbocycles. The number of thiazole rings is 1. The normalized spacial score (nSPS) is 11.5. The Bertz CT molecular complexity index is 2440. The van der Waals surface area contributed by atoms with Gasteiger partial charge < -0.3 is 0 Å². The molecule has 3 aromatic heterocycles. The molecular weight excluding hydrogens is 579 g/mol. The Morgan fingerprint density at radius 3 is 1.67 bits per heavy atom. The van der Waals surface area contributed by atoms with E-state index in [1.165, 1.54) is 48.2 Å². The summed E-state index contributed by atoms with van der Waals surface area (Å²) >= 11 is 1.87. The molecule has 0 saturated carbocycles. The first-order valence-corrected chi connectivity index (χ1v) is 16.2. The molecule has 0 atom stereocenters. The Morgan fingerprint density at radius 1 is 0.435 bits per heavy atom. The van der Waals surface area contributed by atoms with Gasteiger partial charge in [-0.25, -0.2) is 9.97 Å². The molecule has 216 valence electrons. The second-order valence-electron chi connectivity index (χ2n) is 11.4. The van der Waals surface area contributed by atoms with Gasteiger partial charge in [-0.1, -0.05) is 146 Å². The number of rotatable bonds is 5. The summed E-state index contributed by atoms with van der Waals surface area (Å²) in [5, 5.41) is 1.26. The van der Waals surface area contributed by atoms with Crippen molar-refractivity contribution in [2.45, 2.75) is 0 Å². The number of fused-ring (bicyclic) bond motifs is 5. The lowest BCUT2D eigenvalue weighted by Gasteiger charge is -2.10. The molecule has 3 heterocycles. The van der Waals surface area contributed by atoms with Crippen LogP contribution in [0.3, 0.4) is 0 Å². The molecule has 0 aliphatic heterocycles. The third-order valence-electron chi connectivity index (χ3n) is 8.65. The summed E-state index contributed by atoms with van der Waals surface area (Å²) in [6.45, 7) is 0. The first-order valence-electron chi connectivity index (χ1n) is 15.4. The molecule has 0 amide bonds. The molecule has 3 nitrogen and oxygen atoms in total. The average Bonchev–Trinajstić information content (AvgIpc) is 3.67. The second-order valence-corrected chi connectivity index (χ2v) is 12.4. The van der Waals surface area contributed by atoms with Gasteiger partial charge in [-0.2, -0.15) is 0 Å². The zero-order valence-corrected chi connectivity index (χ0v) is 25.7. The van der Waals surface area contributed by atoms with E-state index in [4.69, 9.17) is 9.97 Å². The zero-order valence-electron chi connectivity index (χ0n) is 24.8. The van der Waals surface area contributed by atoms with Crippen LogP contribution in [-0.4, -0.2) is 14.4 Å². The fraction of sp³-hybridized carbons (Fsp3) is 0. The molecule has 0 spiro atoms. The monoisotopic (exact) mass is 605 g/mol. The summed E-state index contributed by atoms with van der Waals surface area (Å²) in [6, 6.07) is 57.6. The molecule has 9 aromatic rings. The molecule has 0 unspecified atom stereocenters. The minimum Gasteiger partial charge on any atom is -0.299 e. The van der Waals surface area contributed by atoms with E-state index in [-0.39, 0.29) is 0 Å². The Balaban J connectivity index is 1.20. The molecule has 0 saturated heterocycles. The molecule has 46 heavy (non-hydrogen) atoms. The van der Waals surface area contributed by atoms with Crippen LogP contribution in [0.2, 0.25) is 0 Å². The topological polar surface area (TPSA) is 30.2 Å². The molecule has 0 N–H and O–H groups in total. The zero-order chi connectivity index (χ0) is 30.5. The Labute approximate surface area is 270 Å². The first kappa shape index (κ1) is 26.6. The van der Waals surface area contributed by atoms with Crippen molar-refractivity contribution in [3.05, 3.63) is 164 Å². The van der Waals surface area contributed by atoms with Crippen molar-refractivity contribution in [3.8, 4) is 56.2 Å². The molecule has 4 heteroatoms. The summed E-state index contributed by atoms with van der Waals surface area (Å²) in [6.07, 6.45) is 0. The molecular formula is C42H27N3S. The van der Waals surface area contributed by atoms with E-state index in [2.05, 4.69) is 132 Å². The SMILES string of the molecule is c1ccc(-c2cc(-c3ccc(-c4c5ccccc5n5c4sc4c(-c6ccccc6)cccc45)cc3)nc(-c3ccccc3)n2)cc1. The summed E-state index contributed by atoms with van der Waals surface area (Å²) in [4.78, 5) is 11.3. The molecule has 0 aliphatic rings. The first-order chi connectivity index (χ1) is 22.8. The van der Waals surface area contributed by atoms with E-state index in [1.54, 1.807) is 0 Å². The predicted octanol–water partition coefficient (Wildman–Crippen LogP) is 11.4. The summed E-state index contributed by atoms with van der Waals surface area (Å²) in [7, 11) is 0. The highest BCUT2D eigenvalue weighted by atomic mass is 32.1. The van der Waals surface area contributed by atoms with Crippen molar-refractivity contribution < 1.29 is 0 Å². The standard InChI is InChI=1S/C42H27N3S/c1-4-13-28(14-5-1)33-20-12-22-38-40(33)46-42-39(34-19-10-11-21-37(34)45(38)42)31-25-23-30(24-26-31)36-27-35(29-15-6-2-7-16-29)43-41(44-36)32-17-8-3-9-18-32/h1-27H. The van der Waals surface area contributed by atoms with E-state index < -0.39 is 0 Å². The van der Waals surface area contributed by atoms with Crippen molar-refractivity contribution in [1.29, 1.82) is 0 Å².